The van der Waals surface area contributed by atoms with Gasteiger partial charge in [-0.05, 0) is 38.1 Å². The number of aryl methyl sites for hydroxylation is 1. The summed E-state index contributed by atoms with van der Waals surface area (Å²) < 4.78 is 5.47. The first-order valence-electron chi connectivity index (χ1n) is 5.79. The zero-order valence-electron chi connectivity index (χ0n) is 10.4. The molecule has 0 saturated carbocycles. The molecule has 4 nitrogen and oxygen atoms in total. The Bertz CT molecular complexity index is 560. The van der Waals surface area contributed by atoms with E-state index in [0.717, 1.165) is 11.5 Å². The van der Waals surface area contributed by atoms with E-state index in [0.29, 0.717) is 11.3 Å². The van der Waals surface area contributed by atoms with E-state index in [1.165, 1.54) is 0 Å². The Morgan fingerprint density at radius 1 is 1.28 bits per heavy atom. The van der Waals surface area contributed by atoms with Gasteiger partial charge in [0, 0.05) is 5.69 Å². The lowest BCUT2D eigenvalue weighted by Gasteiger charge is -2.12. The van der Waals surface area contributed by atoms with Crippen LogP contribution in [0.5, 0.6) is 0 Å². The highest BCUT2D eigenvalue weighted by atomic mass is 16.3. The molecule has 2 aromatic rings. The first kappa shape index (κ1) is 12.2. The smallest absolute Gasteiger partial charge is 0.253 e. The summed E-state index contributed by atoms with van der Waals surface area (Å²) in [5.74, 6) is 1.36. The average Bonchev–Trinajstić information content (AvgIpc) is 2.76. The number of carbonyl (C=O) groups excluding carboxylic acids is 1. The second kappa shape index (κ2) is 4.96. The van der Waals surface area contributed by atoms with Crippen molar-refractivity contribution in [2.45, 2.75) is 19.9 Å². The molecule has 0 fully saturated rings. The number of furan rings is 1. The summed E-state index contributed by atoms with van der Waals surface area (Å²) in [5, 5.41) is 2.85. The van der Waals surface area contributed by atoms with Gasteiger partial charge in [-0.25, -0.2) is 0 Å². The zero-order chi connectivity index (χ0) is 13.1. The molecule has 1 heterocycles. The fourth-order valence-corrected chi connectivity index (χ4v) is 1.74. The van der Waals surface area contributed by atoms with Crippen molar-refractivity contribution in [3.05, 3.63) is 53.5 Å². The molecule has 0 saturated heterocycles. The molecule has 1 aromatic heterocycles. The number of hydrogen-bond donors (Lipinski definition) is 2. The number of nitrogens with two attached hydrogens (primary N) is 1. The number of amides is 1. The van der Waals surface area contributed by atoms with Crippen LogP contribution in [0, 0.1) is 6.92 Å². The van der Waals surface area contributed by atoms with Crippen molar-refractivity contribution >= 4 is 11.6 Å². The minimum Gasteiger partial charge on any atom is -0.464 e. The first-order valence-corrected chi connectivity index (χ1v) is 5.79. The Kier molecular flexibility index (Phi) is 3.37. The lowest BCUT2D eigenvalue weighted by atomic mass is 10.1. The Hall–Kier alpha value is -2.23. The van der Waals surface area contributed by atoms with Crippen molar-refractivity contribution in [2.75, 3.05) is 5.73 Å². The molecular weight excluding hydrogens is 228 g/mol. The van der Waals surface area contributed by atoms with Crippen LogP contribution in [0.15, 0.2) is 40.8 Å². The van der Waals surface area contributed by atoms with Gasteiger partial charge in [-0.15, -0.1) is 0 Å². The molecule has 94 valence electrons. The largest absolute Gasteiger partial charge is 0.464 e. The Labute approximate surface area is 106 Å². The average molecular weight is 244 g/mol. The van der Waals surface area contributed by atoms with Gasteiger partial charge in [0.25, 0.3) is 5.91 Å². The van der Waals surface area contributed by atoms with E-state index in [-0.39, 0.29) is 11.9 Å². The number of nitrogen functional groups attached to an aromatic ring is 1. The summed E-state index contributed by atoms with van der Waals surface area (Å²) in [5.41, 5.74) is 6.71. The second-order valence-electron chi connectivity index (χ2n) is 4.23. The van der Waals surface area contributed by atoms with Crippen molar-refractivity contribution in [1.29, 1.82) is 0 Å². The molecule has 18 heavy (non-hydrogen) atoms. The molecule has 0 spiro atoms. The third-order valence-corrected chi connectivity index (χ3v) is 2.74. The van der Waals surface area contributed by atoms with E-state index in [1.54, 1.807) is 24.3 Å². The van der Waals surface area contributed by atoms with Gasteiger partial charge >= 0.3 is 0 Å². The maximum absolute atomic E-state index is 12.0. The van der Waals surface area contributed by atoms with E-state index in [9.17, 15) is 4.79 Å². The fraction of sp³-hybridized carbons (Fsp3) is 0.214. The molecule has 1 amide bonds. The van der Waals surface area contributed by atoms with Crippen molar-refractivity contribution in [2.24, 2.45) is 0 Å². The Morgan fingerprint density at radius 3 is 2.61 bits per heavy atom. The molecule has 1 unspecified atom stereocenters. The SMILES string of the molecule is Cc1ccc(C(C)NC(=O)c2ccccc2N)o1. The monoisotopic (exact) mass is 244 g/mol. The summed E-state index contributed by atoms with van der Waals surface area (Å²) in [6.07, 6.45) is 0. The zero-order valence-corrected chi connectivity index (χ0v) is 10.4. The molecule has 2 rings (SSSR count). The predicted molar refractivity (Wildman–Crippen MR) is 70.2 cm³/mol. The van der Waals surface area contributed by atoms with E-state index in [4.69, 9.17) is 10.2 Å². The van der Waals surface area contributed by atoms with Crippen molar-refractivity contribution < 1.29 is 9.21 Å². The van der Waals surface area contributed by atoms with Crippen LogP contribution in [0.2, 0.25) is 0 Å². The molecular formula is C14H16N2O2. The molecule has 0 bridgehead atoms. The quantitative estimate of drug-likeness (QED) is 0.815. The van der Waals surface area contributed by atoms with Crippen LogP contribution in [0.4, 0.5) is 5.69 Å². The molecule has 4 heteroatoms. The summed E-state index contributed by atoms with van der Waals surface area (Å²) in [6.45, 7) is 3.74. The summed E-state index contributed by atoms with van der Waals surface area (Å²) in [7, 11) is 0. The van der Waals surface area contributed by atoms with Gasteiger partial charge in [-0.3, -0.25) is 4.79 Å². The van der Waals surface area contributed by atoms with Crippen molar-refractivity contribution in [3.63, 3.8) is 0 Å². The Balaban J connectivity index is 2.10. The van der Waals surface area contributed by atoms with Crippen LogP contribution in [0.3, 0.4) is 0 Å². The van der Waals surface area contributed by atoms with Crippen LogP contribution >= 0.6 is 0 Å². The minimum atomic E-state index is -0.199. The number of benzene rings is 1. The number of para-hydroxylation sites is 1. The van der Waals surface area contributed by atoms with Gasteiger partial charge in [0.05, 0.1) is 11.6 Å². The minimum absolute atomic E-state index is 0.189. The van der Waals surface area contributed by atoms with Gasteiger partial charge in [-0.2, -0.15) is 0 Å². The molecule has 0 aliphatic heterocycles. The summed E-state index contributed by atoms with van der Waals surface area (Å²) >= 11 is 0. The molecule has 0 aliphatic rings. The molecule has 1 atom stereocenters. The predicted octanol–water partition coefficient (Wildman–Crippen LogP) is 2.66. The van der Waals surface area contributed by atoms with Gasteiger partial charge in [0.1, 0.15) is 11.5 Å². The van der Waals surface area contributed by atoms with Gasteiger partial charge in [0.2, 0.25) is 0 Å². The molecule has 1 aromatic carbocycles. The van der Waals surface area contributed by atoms with Crippen molar-refractivity contribution in [3.8, 4) is 0 Å². The van der Waals surface area contributed by atoms with Crippen LogP contribution in [-0.4, -0.2) is 5.91 Å². The molecule has 3 N–H and O–H groups in total. The van der Waals surface area contributed by atoms with Gasteiger partial charge in [-0.1, -0.05) is 12.1 Å². The number of hydrogen-bond acceptors (Lipinski definition) is 3. The van der Waals surface area contributed by atoms with Gasteiger partial charge < -0.3 is 15.5 Å². The Morgan fingerprint density at radius 2 is 2.00 bits per heavy atom. The topological polar surface area (TPSA) is 68.3 Å². The summed E-state index contributed by atoms with van der Waals surface area (Å²) in [6, 6.07) is 10.5. The summed E-state index contributed by atoms with van der Waals surface area (Å²) in [4.78, 5) is 12.0. The van der Waals surface area contributed by atoms with Crippen LogP contribution < -0.4 is 11.1 Å². The maximum atomic E-state index is 12.0. The highest BCUT2D eigenvalue weighted by molar-refractivity contribution is 5.99. The van der Waals surface area contributed by atoms with Crippen LogP contribution in [0.1, 0.15) is 34.8 Å². The molecule has 0 aliphatic carbocycles. The van der Waals surface area contributed by atoms with E-state index < -0.39 is 0 Å². The van der Waals surface area contributed by atoms with E-state index >= 15 is 0 Å². The lowest BCUT2D eigenvalue weighted by Crippen LogP contribution is -2.27. The number of carbonyl (C=O) groups is 1. The number of nitrogens with one attached hydrogen (secondary N) is 1. The first-order chi connectivity index (χ1) is 8.58. The normalized spacial score (nSPS) is 12.1. The van der Waals surface area contributed by atoms with Gasteiger partial charge in [0.15, 0.2) is 0 Å². The third-order valence-electron chi connectivity index (χ3n) is 2.74. The van der Waals surface area contributed by atoms with Crippen LogP contribution in [-0.2, 0) is 0 Å². The third kappa shape index (κ3) is 2.53. The van der Waals surface area contributed by atoms with E-state index in [2.05, 4.69) is 5.32 Å². The standard InChI is InChI=1S/C14H16N2O2/c1-9-7-8-13(18-9)10(2)16-14(17)11-5-3-4-6-12(11)15/h3-8,10H,15H2,1-2H3,(H,16,17). The highest BCUT2D eigenvalue weighted by Gasteiger charge is 2.15. The highest BCUT2D eigenvalue weighted by Crippen LogP contribution is 2.17. The van der Waals surface area contributed by atoms with Crippen LogP contribution in [0.25, 0.3) is 0 Å². The van der Waals surface area contributed by atoms with E-state index in [1.807, 2.05) is 26.0 Å². The fourth-order valence-electron chi connectivity index (χ4n) is 1.74. The number of rotatable bonds is 3. The molecule has 0 radical (unpaired) electrons. The van der Waals surface area contributed by atoms with Crippen molar-refractivity contribution in [1.82, 2.24) is 5.32 Å². The maximum Gasteiger partial charge on any atom is 0.253 e. The lowest BCUT2D eigenvalue weighted by molar-refractivity contribution is 0.0936. The number of anilines is 1. The second-order valence-corrected chi connectivity index (χ2v) is 4.23.